The van der Waals surface area contributed by atoms with E-state index in [9.17, 15) is 9.59 Å². The number of hydrogen-bond donors (Lipinski definition) is 1. The van der Waals surface area contributed by atoms with Crippen LogP contribution in [0.2, 0.25) is 0 Å². The van der Waals surface area contributed by atoms with E-state index in [-0.39, 0.29) is 19.1 Å². The number of carbonyl (C=O) groups excluding carboxylic acids is 1. The molecule has 0 aromatic heterocycles. The number of aliphatic carboxylic acids is 1. The lowest BCUT2D eigenvalue weighted by molar-refractivity contribution is -0.137. The van der Waals surface area contributed by atoms with Crippen molar-refractivity contribution in [1.82, 2.24) is 14.7 Å². The molecule has 0 aliphatic rings. The number of urea groups is 1. The quantitative estimate of drug-likeness (QED) is 0.645. The summed E-state index contributed by atoms with van der Waals surface area (Å²) in [6.07, 6.45) is 0. The Labute approximate surface area is 108 Å². The van der Waals surface area contributed by atoms with Crippen LogP contribution in [-0.4, -0.2) is 92.8 Å². The largest absolute Gasteiger partial charge is 0.480 e. The molecule has 0 spiro atoms. The zero-order valence-corrected chi connectivity index (χ0v) is 11.5. The Bertz CT molecular complexity index is 271. The molecule has 0 aliphatic carbocycles. The summed E-state index contributed by atoms with van der Waals surface area (Å²) in [5.74, 6) is -1.03. The number of methoxy groups -OCH3 is 1. The Morgan fingerprint density at radius 1 is 1.11 bits per heavy atom. The van der Waals surface area contributed by atoms with E-state index in [2.05, 4.69) is 0 Å². The number of rotatable bonds is 8. The maximum absolute atomic E-state index is 12.0. The van der Waals surface area contributed by atoms with Crippen LogP contribution >= 0.6 is 0 Å². The van der Waals surface area contributed by atoms with Crippen molar-refractivity contribution in [3.05, 3.63) is 0 Å². The van der Waals surface area contributed by atoms with Crippen molar-refractivity contribution >= 4 is 12.0 Å². The number of ether oxygens (including phenoxy) is 1. The van der Waals surface area contributed by atoms with Crippen molar-refractivity contribution < 1.29 is 19.4 Å². The first kappa shape index (κ1) is 16.7. The Morgan fingerprint density at radius 2 is 1.72 bits per heavy atom. The molecule has 0 bridgehead atoms. The number of hydrogen-bond acceptors (Lipinski definition) is 4. The molecular formula is C11H23N3O4. The lowest BCUT2D eigenvalue weighted by atomic mass is 10.4. The van der Waals surface area contributed by atoms with E-state index >= 15 is 0 Å². The molecular weight excluding hydrogens is 238 g/mol. The van der Waals surface area contributed by atoms with Gasteiger partial charge < -0.3 is 24.5 Å². The number of carbonyl (C=O) groups is 2. The third kappa shape index (κ3) is 7.08. The Hall–Kier alpha value is -1.34. The van der Waals surface area contributed by atoms with Crippen LogP contribution in [0.25, 0.3) is 0 Å². The molecule has 0 unspecified atom stereocenters. The summed E-state index contributed by atoms with van der Waals surface area (Å²) >= 11 is 0. The Kier molecular flexibility index (Phi) is 8.06. The van der Waals surface area contributed by atoms with E-state index < -0.39 is 5.97 Å². The van der Waals surface area contributed by atoms with Gasteiger partial charge in [0.2, 0.25) is 0 Å². The summed E-state index contributed by atoms with van der Waals surface area (Å²) in [7, 11) is 7.00. The fourth-order valence-electron chi connectivity index (χ4n) is 1.29. The van der Waals surface area contributed by atoms with Gasteiger partial charge in [-0.2, -0.15) is 0 Å². The fourth-order valence-corrected chi connectivity index (χ4v) is 1.29. The summed E-state index contributed by atoms with van der Waals surface area (Å²) < 4.78 is 4.87. The molecule has 2 amide bonds. The first-order valence-electron chi connectivity index (χ1n) is 5.74. The number of carboxylic acid groups (broad SMARTS) is 1. The summed E-state index contributed by atoms with van der Waals surface area (Å²) in [6.45, 7) is 1.56. The zero-order chi connectivity index (χ0) is 14.1. The minimum absolute atomic E-state index is 0.272. The molecule has 0 rings (SSSR count). The van der Waals surface area contributed by atoms with E-state index in [4.69, 9.17) is 9.84 Å². The Morgan fingerprint density at radius 3 is 2.17 bits per heavy atom. The van der Waals surface area contributed by atoms with E-state index in [0.29, 0.717) is 13.2 Å². The van der Waals surface area contributed by atoms with E-state index in [1.54, 1.807) is 7.05 Å². The first-order valence-corrected chi connectivity index (χ1v) is 5.74. The molecule has 18 heavy (non-hydrogen) atoms. The van der Waals surface area contributed by atoms with Gasteiger partial charge in [-0.1, -0.05) is 0 Å². The van der Waals surface area contributed by atoms with Crippen LogP contribution in [0, 0.1) is 0 Å². The second-order valence-corrected chi connectivity index (χ2v) is 4.32. The van der Waals surface area contributed by atoms with E-state index in [1.807, 2.05) is 19.0 Å². The SMILES string of the molecule is COCCN(CC(=O)O)C(=O)N(C)CCN(C)C. The van der Waals surface area contributed by atoms with Crippen molar-refractivity contribution in [2.24, 2.45) is 0 Å². The first-order chi connectivity index (χ1) is 8.38. The fraction of sp³-hybridized carbons (Fsp3) is 0.818. The molecule has 7 heteroatoms. The van der Waals surface area contributed by atoms with Crippen molar-refractivity contribution in [3.8, 4) is 0 Å². The lowest BCUT2D eigenvalue weighted by Gasteiger charge is -2.27. The van der Waals surface area contributed by atoms with Crippen LogP contribution in [0.1, 0.15) is 0 Å². The van der Waals surface area contributed by atoms with Gasteiger partial charge in [-0.3, -0.25) is 4.79 Å². The molecule has 0 atom stereocenters. The van der Waals surface area contributed by atoms with Crippen LogP contribution < -0.4 is 0 Å². The van der Waals surface area contributed by atoms with Crippen molar-refractivity contribution in [3.63, 3.8) is 0 Å². The number of carboxylic acids is 1. The van der Waals surface area contributed by atoms with Gasteiger partial charge >= 0.3 is 12.0 Å². The highest BCUT2D eigenvalue weighted by molar-refractivity contribution is 5.80. The standard InChI is InChI=1S/C11H23N3O4/c1-12(2)5-6-13(3)11(17)14(7-8-18-4)9-10(15)16/h5-9H2,1-4H3,(H,15,16). The van der Waals surface area contributed by atoms with E-state index in [0.717, 1.165) is 6.54 Å². The third-order valence-corrected chi connectivity index (χ3v) is 2.37. The molecule has 1 N–H and O–H groups in total. The van der Waals surface area contributed by atoms with Gasteiger partial charge in [-0.05, 0) is 14.1 Å². The summed E-state index contributed by atoms with van der Waals surface area (Å²) in [4.78, 5) is 27.5. The highest BCUT2D eigenvalue weighted by Gasteiger charge is 2.19. The molecule has 0 saturated carbocycles. The van der Waals surface area contributed by atoms with Gasteiger partial charge in [0.1, 0.15) is 6.54 Å². The van der Waals surface area contributed by atoms with Gasteiger partial charge in [-0.25, -0.2) is 4.79 Å². The van der Waals surface area contributed by atoms with Crippen molar-refractivity contribution in [1.29, 1.82) is 0 Å². The number of amides is 2. The molecule has 0 aromatic carbocycles. The van der Waals surface area contributed by atoms with Gasteiger partial charge in [0.05, 0.1) is 6.61 Å². The van der Waals surface area contributed by atoms with E-state index in [1.165, 1.54) is 16.9 Å². The van der Waals surface area contributed by atoms with Gasteiger partial charge in [0.25, 0.3) is 0 Å². The third-order valence-electron chi connectivity index (χ3n) is 2.37. The molecule has 0 heterocycles. The summed E-state index contributed by atoms with van der Waals surface area (Å²) in [5.41, 5.74) is 0. The molecule has 0 radical (unpaired) electrons. The maximum atomic E-state index is 12.0. The minimum atomic E-state index is -1.03. The number of likely N-dealkylation sites (N-methyl/N-ethyl adjacent to an activating group) is 2. The molecule has 0 aliphatic heterocycles. The maximum Gasteiger partial charge on any atom is 0.323 e. The highest BCUT2D eigenvalue weighted by Crippen LogP contribution is 1.97. The Balaban J connectivity index is 4.37. The second-order valence-electron chi connectivity index (χ2n) is 4.32. The summed E-state index contributed by atoms with van der Waals surface area (Å²) in [6, 6.07) is -0.295. The summed E-state index contributed by atoms with van der Waals surface area (Å²) in [5, 5.41) is 8.77. The molecule has 7 nitrogen and oxygen atoms in total. The van der Waals surface area contributed by atoms with Crippen molar-refractivity contribution in [2.45, 2.75) is 0 Å². The van der Waals surface area contributed by atoms with Crippen LogP contribution in [0.4, 0.5) is 4.79 Å². The predicted molar refractivity (Wildman–Crippen MR) is 67.7 cm³/mol. The van der Waals surface area contributed by atoms with Gasteiger partial charge in [0, 0.05) is 33.8 Å². The molecule has 0 fully saturated rings. The predicted octanol–water partition coefficient (Wildman–Crippen LogP) is -0.367. The normalized spacial score (nSPS) is 10.5. The van der Waals surface area contributed by atoms with Crippen LogP contribution in [0.15, 0.2) is 0 Å². The second kappa shape index (κ2) is 8.71. The lowest BCUT2D eigenvalue weighted by Crippen LogP contribution is -2.46. The highest BCUT2D eigenvalue weighted by atomic mass is 16.5. The van der Waals surface area contributed by atoms with Crippen molar-refractivity contribution in [2.75, 3.05) is 61.0 Å². The van der Waals surface area contributed by atoms with Crippen LogP contribution in [-0.2, 0) is 9.53 Å². The molecule has 0 saturated heterocycles. The topological polar surface area (TPSA) is 73.3 Å². The van der Waals surface area contributed by atoms with Gasteiger partial charge in [0.15, 0.2) is 0 Å². The molecule has 0 aromatic rings. The minimum Gasteiger partial charge on any atom is -0.480 e. The zero-order valence-electron chi connectivity index (χ0n) is 11.5. The van der Waals surface area contributed by atoms with Crippen LogP contribution in [0.3, 0.4) is 0 Å². The van der Waals surface area contributed by atoms with Crippen LogP contribution in [0.5, 0.6) is 0 Å². The number of nitrogens with zero attached hydrogens (tertiary/aromatic N) is 3. The van der Waals surface area contributed by atoms with Gasteiger partial charge in [-0.15, -0.1) is 0 Å². The average Bonchev–Trinajstić information content (AvgIpc) is 2.29. The molecule has 106 valence electrons. The monoisotopic (exact) mass is 261 g/mol. The smallest absolute Gasteiger partial charge is 0.323 e. The average molecular weight is 261 g/mol.